The van der Waals surface area contributed by atoms with Crippen molar-refractivity contribution in [3.05, 3.63) is 93.8 Å². The predicted octanol–water partition coefficient (Wildman–Crippen LogP) is 5.63. The number of benzene rings is 2. The summed E-state index contributed by atoms with van der Waals surface area (Å²) in [5.41, 5.74) is 2.14. The molecule has 2 nitrogen and oxygen atoms in total. The molecular weight excluding hydrogens is 372 g/mol. The molecule has 0 aliphatic carbocycles. The van der Waals surface area contributed by atoms with Crippen LogP contribution < -0.4 is 0 Å². The summed E-state index contributed by atoms with van der Waals surface area (Å²) in [5.74, 6) is 0.422. The van der Waals surface area contributed by atoms with Crippen LogP contribution in [0.2, 0.25) is 0 Å². The molecule has 4 heteroatoms. The van der Waals surface area contributed by atoms with Gasteiger partial charge >= 0.3 is 0 Å². The highest BCUT2D eigenvalue weighted by Gasteiger charge is 2.26. The first-order valence-electron chi connectivity index (χ1n) is 8.72. The Bertz CT molecular complexity index is 833. The fraction of sp³-hybridized carbons (Fsp3) is 0.130. The minimum atomic E-state index is -0.245. The summed E-state index contributed by atoms with van der Waals surface area (Å²) in [5, 5.41) is 0.400. The second-order valence-electron chi connectivity index (χ2n) is 6.12. The summed E-state index contributed by atoms with van der Waals surface area (Å²) in [7, 11) is 0. The van der Waals surface area contributed by atoms with Gasteiger partial charge in [-0.2, -0.15) is 0 Å². The minimum Gasteiger partial charge on any atom is -0.289 e. The number of rotatable bonds is 6. The Morgan fingerprint density at radius 2 is 1.33 bits per heavy atom. The summed E-state index contributed by atoms with van der Waals surface area (Å²) in [6.07, 6.45) is 6.50. The second kappa shape index (κ2) is 9.58. The summed E-state index contributed by atoms with van der Waals surface area (Å²) in [6.45, 7) is 2.11. The van der Waals surface area contributed by atoms with Gasteiger partial charge in [-0.25, -0.2) is 0 Å². The number of allylic oxidation sites excluding steroid dienone is 3. The van der Waals surface area contributed by atoms with Crippen LogP contribution >= 0.6 is 23.5 Å². The number of hydrogen-bond donors (Lipinski definition) is 0. The van der Waals surface area contributed by atoms with Gasteiger partial charge in [0.2, 0.25) is 0 Å². The third-order valence-electron chi connectivity index (χ3n) is 3.91. The number of carbonyl (C=O) groups excluding carboxylic acids is 2. The fourth-order valence-corrected chi connectivity index (χ4v) is 5.40. The molecule has 27 heavy (non-hydrogen) atoms. The molecule has 1 saturated heterocycles. The van der Waals surface area contributed by atoms with Gasteiger partial charge in [0.25, 0.3) is 0 Å². The van der Waals surface area contributed by atoms with Crippen LogP contribution in [-0.4, -0.2) is 22.6 Å². The maximum Gasteiger partial charge on any atom is 0.191 e. The van der Waals surface area contributed by atoms with E-state index in [4.69, 9.17) is 0 Å². The molecule has 0 aromatic heterocycles. The van der Waals surface area contributed by atoms with Crippen molar-refractivity contribution in [1.82, 2.24) is 0 Å². The van der Waals surface area contributed by atoms with E-state index < -0.39 is 0 Å². The van der Waals surface area contributed by atoms with Gasteiger partial charge in [0.15, 0.2) is 11.6 Å². The molecule has 2 aromatic rings. The molecule has 1 atom stereocenters. The zero-order valence-electron chi connectivity index (χ0n) is 15.0. The molecule has 1 fully saturated rings. The van der Waals surface area contributed by atoms with E-state index in [2.05, 4.69) is 6.92 Å². The number of ketones is 2. The van der Waals surface area contributed by atoms with Gasteiger partial charge in [0.05, 0.1) is 9.81 Å². The first-order chi connectivity index (χ1) is 13.1. The summed E-state index contributed by atoms with van der Waals surface area (Å²) >= 11 is 3.20. The highest BCUT2D eigenvalue weighted by Crippen LogP contribution is 2.43. The Labute approximate surface area is 168 Å². The van der Waals surface area contributed by atoms with Gasteiger partial charge in [-0.1, -0.05) is 79.7 Å². The molecule has 0 amide bonds. The standard InChI is InChI=1S/C23H20O2S2/c1-17-16-26-23(27-17)22(20(24)14-12-18-8-4-2-5-9-18)21(25)15-13-19-10-6-3-7-11-19/h2-15,17H,16H2,1H3/b14-12-,15-13+,23-22?/t17-/m1/s1. The van der Waals surface area contributed by atoms with E-state index in [1.165, 1.54) is 12.2 Å². The van der Waals surface area contributed by atoms with Crippen molar-refractivity contribution in [2.24, 2.45) is 0 Å². The molecule has 1 aliphatic rings. The summed E-state index contributed by atoms with van der Waals surface area (Å²) in [6, 6.07) is 19.2. The van der Waals surface area contributed by atoms with Crippen molar-refractivity contribution in [2.75, 3.05) is 5.75 Å². The van der Waals surface area contributed by atoms with Crippen LogP contribution in [-0.2, 0) is 9.59 Å². The van der Waals surface area contributed by atoms with E-state index in [0.29, 0.717) is 5.25 Å². The molecule has 1 heterocycles. The topological polar surface area (TPSA) is 34.1 Å². The van der Waals surface area contributed by atoms with Gasteiger partial charge < -0.3 is 0 Å². The van der Waals surface area contributed by atoms with Crippen molar-refractivity contribution < 1.29 is 9.59 Å². The molecule has 1 aliphatic heterocycles. The lowest BCUT2D eigenvalue weighted by molar-refractivity contribution is -0.116. The SMILES string of the molecule is C[C@@H]1CSC(=C(C(=O)/C=C\c2ccccc2)C(=O)/C=C/c2ccccc2)S1. The molecule has 0 spiro atoms. The minimum absolute atomic E-state index is 0.245. The van der Waals surface area contributed by atoms with Crippen LogP contribution in [0, 0.1) is 0 Å². The Morgan fingerprint density at radius 1 is 0.852 bits per heavy atom. The van der Waals surface area contributed by atoms with E-state index >= 15 is 0 Å². The van der Waals surface area contributed by atoms with E-state index in [-0.39, 0.29) is 17.1 Å². The number of hydrogen-bond acceptors (Lipinski definition) is 4. The largest absolute Gasteiger partial charge is 0.289 e. The van der Waals surface area contributed by atoms with Gasteiger partial charge in [0.1, 0.15) is 0 Å². The molecule has 0 radical (unpaired) electrons. The molecule has 3 rings (SSSR count). The first-order valence-corrected chi connectivity index (χ1v) is 10.6. The Kier molecular flexibility index (Phi) is 6.91. The lowest BCUT2D eigenvalue weighted by Gasteiger charge is -2.04. The Balaban J connectivity index is 1.85. The smallest absolute Gasteiger partial charge is 0.191 e. The zero-order chi connectivity index (χ0) is 19.1. The highest BCUT2D eigenvalue weighted by atomic mass is 32.2. The lowest BCUT2D eigenvalue weighted by atomic mass is 10.1. The van der Waals surface area contributed by atoms with E-state index in [1.807, 2.05) is 60.7 Å². The summed E-state index contributed by atoms with van der Waals surface area (Å²) < 4.78 is 0.827. The molecular formula is C23H20O2S2. The van der Waals surface area contributed by atoms with E-state index in [1.54, 1.807) is 35.7 Å². The Hall–Kier alpha value is -2.30. The quantitative estimate of drug-likeness (QED) is 0.362. The molecule has 0 saturated carbocycles. The van der Waals surface area contributed by atoms with Crippen molar-refractivity contribution in [1.29, 1.82) is 0 Å². The highest BCUT2D eigenvalue weighted by molar-refractivity contribution is 8.25. The van der Waals surface area contributed by atoms with E-state index in [9.17, 15) is 9.59 Å². The molecule has 136 valence electrons. The van der Waals surface area contributed by atoms with Gasteiger partial charge in [-0.05, 0) is 23.3 Å². The van der Waals surface area contributed by atoms with Crippen LogP contribution in [0.1, 0.15) is 18.1 Å². The average molecular weight is 393 g/mol. The molecule has 0 bridgehead atoms. The molecule has 0 N–H and O–H groups in total. The van der Waals surface area contributed by atoms with Gasteiger partial charge in [-0.15, -0.1) is 23.5 Å². The van der Waals surface area contributed by atoms with Crippen molar-refractivity contribution >= 4 is 47.2 Å². The lowest BCUT2D eigenvalue weighted by Crippen LogP contribution is -2.10. The van der Waals surface area contributed by atoms with Crippen LogP contribution in [0.5, 0.6) is 0 Å². The monoisotopic (exact) mass is 392 g/mol. The maximum atomic E-state index is 12.8. The van der Waals surface area contributed by atoms with Crippen LogP contribution in [0.4, 0.5) is 0 Å². The van der Waals surface area contributed by atoms with Crippen molar-refractivity contribution in [3.63, 3.8) is 0 Å². The number of thioether (sulfide) groups is 2. The maximum absolute atomic E-state index is 12.8. The van der Waals surface area contributed by atoms with Gasteiger partial charge in [0, 0.05) is 11.0 Å². The average Bonchev–Trinajstić information content (AvgIpc) is 3.12. The predicted molar refractivity (Wildman–Crippen MR) is 118 cm³/mol. The fourth-order valence-electron chi connectivity index (χ4n) is 2.54. The molecule has 0 unspecified atom stereocenters. The Morgan fingerprint density at radius 3 is 1.74 bits per heavy atom. The zero-order valence-corrected chi connectivity index (χ0v) is 16.6. The van der Waals surface area contributed by atoms with Crippen LogP contribution in [0.3, 0.4) is 0 Å². The van der Waals surface area contributed by atoms with Crippen molar-refractivity contribution in [3.8, 4) is 0 Å². The van der Waals surface area contributed by atoms with Gasteiger partial charge in [-0.3, -0.25) is 9.59 Å². The molecule has 2 aromatic carbocycles. The van der Waals surface area contributed by atoms with Crippen molar-refractivity contribution in [2.45, 2.75) is 12.2 Å². The third-order valence-corrected chi connectivity index (χ3v) is 6.88. The summed E-state index contributed by atoms with van der Waals surface area (Å²) in [4.78, 5) is 25.7. The number of carbonyl (C=O) groups is 2. The van der Waals surface area contributed by atoms with Crippen LogP contribution in [0.25, 0.3) is 12.2 Å². The second-order valence-corrected chi connectivity index (χ2v) is 8.86. The normalized spacial score (nSPS) is 18.9. The van der Waals surface area contributed by atoms with Crippen LogP contribution in [0.15, 0.2) is 82.6 Å². The first kappa shape index (κ1) is 19.5. The third kappa shape index (κ3) is 5.59. The van der Waals surface area contributed by atoms with E-state index in [0.717, 1.165) is 21.1 Å².